The van der Waals surface area contributed by atoms with Gasteiger partial charge in [-0.3, -0.25) is 5.26 Å². The van der Waals surface area contributed by atoms with E-state index in [1.807, 2.05) is 0 Å². The normalized spacial score (nSPS) is 14.6. The van der Waals surface area contributed by atoms with Crippen molar-refractivity contribution in [3.63, 3.8) is 0 Å². The van der Waals surface area contributed by atoms with E-state index in [0.29, 0.717) is 19.3 Å². The molecule has 0 amide bonds. The van der Waals surface area contributed by atoms with Crippen LogP contribution in [0.4, 0.5) is 0 Å². The van der Waals surface area contributed by atoms with Gasteiger partial charge in [-0.25, -0.2) is 18.4 Å². The predicted octanol–water partition coefficient (Wildman–Crippen LogP) is 0.323. The van der Waals surface area contributed by atoms with Gasteiger partial charge in [-0.1, -0.05) is 6.92 Å². The molecule has 0 radical (unpaired) electrons. The summed E-state index contributed by atoms with van der Waals surface area (Å²) < 4.78 is 21.7. The molecule has 0 spiro atoms. The Morgan fingerprint density at radius 3 is 2.50 bits per heavy atom. The minimum absolute atomic E-state index is 0.145. The summed E-state index contributed by atoms with van der Waals surface area (Å²) in [7, 11) is -3.43. The lowest BCUT2D eigenvalue weighted by molar-refractivity contribution is -0.242. The zero-order valence-electron chi connectivity index (χ0n) is 7.06. The SMILES string of the molecule is CCC(CCCOO)S(N)(=O)=O. The molecule has 0 bridgehead atoms. The van der Waals surface area contributed by atoms with Gasteiger partial charge in [-0.05, 0) is 19.3 Å². The number of hydrogen-bond donors (Lipinski definition) is 2. The summed E-state index contributed by atoms with van der Waals surface area (Å²) in [4.78, 5) is 3.81. The zero-order valence-corrected chi connectivity index (χ0v) is 7.88. The van der Waals surface area contributed by atoms with E-state index >= 15 is 0 Å². The maximum absolute atomic E-state index is 10.8. The molecular weight excluding hydrogens is 182 g/mol. The summed E-state index contributed by atoms with van der Waals surface area (Å²) in [6.07, 6.45) is 1.41. The molecule has 0 aliphatic heterocycles. The number of rotatable bonds is 6. The third-order valence-corrected chi connectivity index (χ3v) is 3.18. The van der Waals surface area contributed by atoms with Gasteiger partial charge in [0, 0.05) is 0 Å². The van der Waals surface area contributed by atoms with Crippen LogP contribution >= 0.6 is 0 Å². The highest BCUT2D eigenvalue weighted by Crippen LogP contribution is 2.09. The second kappa shape index (κ2) is 5.47. The van der Waals surface area contributed by atoms with Gasteiger partial charge >= 0.3 is 0 Å². The smallest absolute Gasteiger partial charge is 0.211 e. The molecule has 12 heavy (non-hydrogen) atoms. The van der Waals surface area contributed by atoms with Crippen molar-refractivity contribution in [1.29, 1.82) is 0 Å². The Morgan fingerprint density at radius 2 is 2.17 bits per heavy atom. The van der Waals surface area contributed by atoms with Crippen molar-refractivity contribution in [2.75, 3.05) is 6.61 Å². The Labute approximate surface area is 72.5 Å². The second-order valence-corrected chi connectivity index (χ2v) is 4.44. The molecular formula is C6H15NO4S. The molecule has 0 aromatic heterocycles. The van der Waals surface area contributed by atoms with Gasteiger partial charge in [-0.15, -0.1) is 0 Å². The lowest BCUT2D eigenvalue weighted by atomic mass is 10.2. The molecule has 0 saturated heterocycles. The lowest BCUT2D eigenvalue weighted by Gasteiger charge is -2.10. The zero-order chi connectivity index (χ0) is 9.61. The van der Waals surface area contributed by atoms with Crippen molar-refractivity contribution in [2.24, 2.45) is 5.14 Å². The highest BCUT2D eigenvalue weighted by Gasteiger charge is 2.18. The standard InChI is InChI=1S/C6H15NO4S/c1-2-6(12(7,9)10)4-3-5-11-8/h6,8H,2-5H2,1H3,(H2,7,9,10). The average molecular weight is 197 g/mol. The molecule has 0 heterocycles. The van der Waals surface area contributed by atoms with Crippen molar-refractivity contribution in [1.82, 2.24) is 0 Å². The van der Waals surface area contributed by atoms with Gasteiger partial charge in [0.15, 0.2) is 0 Å². The molecule has 0 aliphatic carbocycles. The second-order valence-electron chi connectivity index (χ2n) is 2.59. The minimum Gasteiger partial charge on any atom is -0.252 e. The van der Waals surface area contributed by atoms with Gasteiger partial charge in [0.1, 0.15) is 0 Å². The van der Waals surface area contributed by atoms with Crippen LogP contribution in [-0.2, 0) is 14.9 Å². The molecule has 1 unspecified atom stereocenters. The van der Waals surface area contributed by atoms with Gasteiger partial charge < -0.3 is 0 Å². The van der Waals surface area contributed by atoms with Gasteiger partial charge in [0.2, 0.25) is 10.0 Å². The third kappa shape index (κ3) is 4.66. The molecule has 0 aromatic rings. The first-order valence-corrected chi connectivity index (χ1v) is 5.41. The molecule has 3 N–H and O–H groups in total. The van der Waals surface area contributed by atoms with Crippen LogP contribution in [0.1, 0.15) is 26.2 Å². The van der Waals surface area contributed by atoms with Gasteiger partial charge in [0.05, 0.1) is 11.9 Å². The molecule has 0 aliphatic rings. The van der Waals surface area contributed by atoms with Crippen LogP contribution in [0.3, 0.4) is 0 Å². The highest BCUT2D eigenvalue weighted by molar-refractivity contribution is 7.89. The summed E-state index contributed by atoms with van der Waals surface area (Å²) in [6, 6.07) is 0. The monoisotopic (exact) mass is 197 g/mol. The summed E-state index contributed by atoms with van der Waals surface area (Å²) >= 11 is 0. The van der Waals surface area contributed by atoms with Crippen molar-refractivity contribution < 1.29 is 18.6 Å². The van der Waals surface area contributed by atoms with Crippen LogP contribution in [0, 0.1) is 0 Å². The maximum Gasteiger partial charge on any atom is 0.211 e. The quantitative estimate of drug-likeness (QED) is 0.364. The Bertz CT molecular complexity index is 202. The lowest BCUT2D eigenvalue weighted by Crippen LogP contribution is -2.28. The van der Waals surface area contributed by atoms with E-state index in [2.05, 4.69) is 4.89 Å². The number of sulfonamides is 1. The Balaban J connectivity index is 3.85. The van der Waals surface area contributed by atoms with Crippen molar-refractivity contribution >= 4 is 10.0 Å². The Morgan fingerprint density at radius 1 is 1.58 bits per heavy atom. The molecule has 1 atom stereocenters. The van der Waals surface area contributed by atoms with Crippen molar-refractivity contribution in [3.05, 3.63) is 0 Å². The molecule has 0 rings (SSSR count). The fourth-order valence-corrected chi connectivity index (χ4v) is 1.94. The minimum atomic E-state index is -3.43. The Hall–Kier alpha value is -0.170. The van der Waals surface area contributed by atoms with E-state index in [9.17, 15) is 8.42 Å². The molecule has 6 heteroatoms. The van der Waals surface area contributed by atoms with Crippen LogP contribution in [0.5, 0.6) is 0 Å². The van der Waals surface area contributed by atoms with E-state index in [1.165, 1.54) is 0 Å². The van der Waals surface area contributed by atoms with Crippen LogP contribution in [0.2, 0.25) is 0 Å². The predicted molar refractivity (Wildman–Crippen MR) is 45.0 cm³/mol. The van der Waals surface area contributed by atoms with Crippen molar-refractivity contribution in [3.8, 4) is 0 Å². The third-order valence-electron chi connectivity index (χ3n) is 1.68. The molecule has 0 aromatic carbocycles. The Kier molecular flexibility index (Phi) is 5.39. The van der Waals surface area contributed by atoms with Crippen molar-refractivity contribution in [2.45, 2.75) is 31.4 Å². The molecule has 0 saturated carbocycles. The van der Waals surface area contributed by atoms with Crippen LogP contribution in [0.25, 0.3) is 0 Å². The van der Waals surface area contributed by atoms with E-state index in [-0.39, 0.29) is 6.61 Å². The van der Waals surface area contributed by atoms with Crippen LogP contribution in [0.15, 0.2) is 0 Å². The first kappa shape index (κ1) is 11.8. The van der Waals surface area contributed by atoms with E-state index in [0.717, 1.165) is 0 Å². The summed E-state index contributed by atoms with van der Waals surface area (Å²) in [5.74, 6) is 0. The molecule has 0 fully saturated rings. The van der Waals surface area contributed by atoms with Crippen LogP contribution in [-0.4, -0.2) is 25.5 Å². The fourth-order valence-electron chi connectivity index (χ4n) is 0.976. The first-order chi connectivity index (χ1) is 5.52. The maximum atomic E-state index is 10.8. The van der Waals surface area contributed by atoms with E-state index in [4.69, 9.17) is 10.4 Å². The molecule has 74 valence electrons. The van der Waals surface area contributed by atoms with Gasteiger partial charge in [0.25, 0.3) is 0 Å². The summed E-state index contributed by atoms with van der Waals surface area (Å²) in [6.45, 7) is 1.90. The molecule has 5 nitrogen and oxygen atoms in total. The summed E-state index contributed by atoms with van der Waals surface area (Å²) in [5, 5.41) is 12.4. The largest absolute Gasteiger partial charge is 0.252 e. The topological polar surface area (TPSA) is 89.6 Å². The van der Waals surface area contributed by atoms with Crippen LogP contribution < -0.4 is 5.14 Å². The average Bonchev–Trinajstić information content (AvgIpc) is 1.95. The first-order valence-electron chi connectivity index (χ1n) is 3.80. The number of hydrogen-bond acceptors (Lipinski definition) is 4. The number of primary sulfonamides is 1. The van der Waals surface area contributed by atoms with E-state index < -0.39 is 15.3 Å². The van der Waals surface area contributed by atoms with E-state index in [1.54, 1.807) is 6.92 Å². The summed E-state index contributed by atoms with van der Waals surface area (Å²) in [5.41, 5.74) is 0. The number of nitrogens with two attached hydrogens (primary N) is 1. The highest BCUT2D eigenvalue weighted by atomic mass is 32.2. The fraction of sp³-hybridized carbons (Fsp3) is 1.00. The van der Waals surface area contributed by atoms with Gasteiger partial charge in [-0.2, -0.15) is 0 Å².